The second kappa shape index (κ2) is 15.8. The van der Waals surface area contributed by atoms with E-state index in [1.54, 1.807) is 42.5 Å². The van der Waals surface area contributed by atoms with Crippen LogP contribution in [0, 0.1) is 0 Å². The van der Waals surface area contributed by atoms with Gasteiger partial charge < -0.3 is 19.3 Å². The number of nitrogens with zero attached hydrogens (tertiary/aromatic N) is 3. The predicted molar refractivity (Wildman–Crippen MR) is 181 cm³/mol. The summed E-state index contributed by atoms with van der Waals surface area (Å²) < 4.78 is 18.0. The molecule has 1 fully saturated rings. The van der Waals surface area contributed by atoms with Gasteiger partial charge in [0, 0.05) is 11.3 Å². The molecular weight excluding hydrogens is 623 g/mol. The first-order valence-corrected chi connectivity index (χ1v) is 17.1. The van der Waals surface area contributed by atoms with Gasteiger partial charge in [0.15, 0.2) is 15.8 Å². The molecule has 9 nitrogen and oxygen atoms in total. The Morgan fingerprint density at radius 1 is 0.913 bits per heavy atom. The highest BCUT2D eigenvalue weighted by molar-refractivity contribution is 8.00. The second-order valence-corrected chi connectivity index (χ2v) is 12.8. The Morgan fingerprint density at radius 3 is 2.41 bits per heavy atom. The minimum Gasteiger partial charge on any atom is -0.507 e. The van der Waals surface area contributed by atoms with Gasteiger partial charge in [0.2, 0.25) is 5.13 Å². The SMILES string of the molecule is CCCCCOc1ccc(C2/C(=C(\O)c3ccc(OCCC)cc3)C(=O)C(=O)N2c2nnc(SCc3ccccc3)s2)cc1OC. The summed E-state index contributed by atoms with van der Waals surface area (Å²) in [5.74, 6) is 0.405. The van der Waals surface area contributed by atoms with Gasteiger partial charge in [-0.2, -0.15) is 0 Å². The van der Waals surface area contributed by atoms with Crippen LogP contribution in [0.1, 0.15) is 62.3 Å². The summed E-state index contributed by atoms with van der Waals surface area (Å²) >= 11 is 2.71. The van der Waals surface area contributed by atoms with E-state index in [0.717, 1.165) is 31.2 Å². The molecule has 3 aromatic carbocycles. The van der Waals surface area contributed by atoms with Crippen LogP contribution < -0.4 is 19.1 Å². The number of aliphatic hydroxyl groups excluding tert-OH is 1. The molecule has 46 heavy (non-hydrogen) atoms. The van der Waals surface area contributed by atoms with E-state index in [2.05, 4.69) is 17.1 Å². The van der Waals surface area contributed by atoms with Crippen molar-refractivity contribution < 1.29 is 28.9 Å². The molecule has 0 bridgehead atoms. The van der Waals surface area contributed by atoms with E-state index >= 15 is 0 Å². The highest BCUT2D eigenvalue weighted by Crippen LogP contribution is 2.45. The number of anilines is 1. The first-order valence-electron chi connectivity index (χ1n) is 15.3. The molecule has 2 heterocycles. The number of hydrogen-bond acceptors (Lipinski definition) is 10. The van der Waals surface area contributed by atoms with E-state index in [9.17, 15) is 14.7 Å². The van der Waals surface area contributed by atoms with Crippen LogP contribution in [0.25, 0.3) is 5.76 Å². The number of ether oxygens (including phenoxy) is 3. The highest BCUT2D eigenvalue weighted by atomic mass is 32.2. The molecule has 0 radical (unpaired) electrons. The van der Waals surface area contributed by atoms with E-state index in [0.29, 0.717) is 51.7 Å². The fourth-order valence-corrected chi connectivity index (χ4v) is 6.84. The van der Waals surface area contributed by atoms with Crippen molar-refractivity contribution in [2.45, 2.75) is 55.7 Å². The Morgan fingerprint density at radius 2 is 1.70 bits per heavy atom. The van der Waals surface area contributed by atoms with Crippen LogP contribution in [-0.2, 0) is 15.3 Å². The van der Waals surface area contributed by atoms with Crippen LogP contribution in [-0.4, -0.2) is 47.3 Å². The van der Waals surface area contributed by atoms with E-state index in [4.69, 9.17) is 14.2 Å². The van der Waals surface area contributed by atoms with Gasteiger partial charge in [0.25, 0.3) is 5.78 Å². The molecule has 0 aliphatic carbocycles. The molecule has 1 aromatic heterocycles. The summed E-state index contributed by atoms with van der Waals surface area (Å²) in [5, 5.41) is 20.5. The first kappa shape index (κ1) is 33.0. The van der Waals surface area contributed by atoms with Gasteiger partial charge >= 0.3 is 5.91 Å². The Kier molecular flexibility index (Phi) is 11.3. The summed E-state index contributed by atoms with van der Waals surface area (Å²) in [6, 6.07) is 21.1. The summed E-state index contributed by atoms with van der Waals surface area (Å²) in [7, 11) is 1.54. The van der Waals surface area contributed by atoms with Crippen molar-refractivity contribution in [2.75, 3.05) is 25.2 Å². The molecule has 0 saturated carbocycles. The van der Waals surface area contributed by atoms with Crippen LogP contribution in [0.5, 0.6) is 17.2 Å². The average Bonchev–Trinajstić information content (AvgIpc) is 3.66. The van der Waals surface area contributed by atoms with Gasteiger partial charge in [0.1, 0.15) is 11.5 Å². The van der Waals surface area contributed by atoms with Gasteiger partial charge in [-0.1, -0.05) is 86.2 Å². The van der Waals surface area contributed by atoms with E-state index in [-0.39, 0.29) is 16.5 Å². The molecule has 1 saturated heterocycles. The molecule has 1 aliphatic heterocycles. The largest absolute Gasteiger partial charge is 0.507 e. The topological polar surface area (TPSA) is 111 Å². The van der Waals surface area contributed by atoms with Gasteiger partial charge in [-0.05, 0) is 60.4 Å². The minimum atomic E-state index is -0.987. The van der Waals surface area contributed by atoms with Crippen LogP contribution in [0.15, 0.2) is 82.7 Å². The lowest BCUT2D eigenvalue weighted by atomic mass is 9.95. The number of amides is 1. The Balaban J connectivity index is 1.53. The fourth-order valence-electron chi connectivity index (χ4n) is 5.01. The number of hydrogen-bond donors (Lipinski definition) is 1. The normalized spacial score (nSPS) is 15.7. The number of aliphatic hydroxyl groups is 1. The second-order valence-electron chi connectivity index (χ2n) is 10.6. The molecule has 1 atom stereocenters. The quantitative estimate of drug-likeness (QED) is 0.0341. The monoisotopic (exact) mass is 659 g/mol. The van der Waals surface area contributed by atoms with Crippen molar-refractivity contribution in [3.63, 3.8) is 0 Å². The third kappa shape index (κ3) is 7.54. The molecular formula is C35H37N3O6S2. The smallest absolute Gasteiger partial charge is 0.301 e. The van der Waals surface area contributed by atoms with Crippen LogP contribution >= 0.6 is 23.1 Å². The van der Waals surface area contributed by atoms with Crippen molar-refractivity contribution in [1.29, 1.82) is 0 Å². The first-order chi connectivity index (χ1) is 22.4. The van der Waals surface area contributed by atoms with Crippen LogP contribution in [0.2, 0.25) is 0 Å². The number of Topliss-reactive ketones (excluding diaryl/α,β-unsaturated/α-hetero) is 1. The number of ketones is 1. The van der Waals surface area contributed by atoms with E-state index in [1.165, 1.54) is 35.1 Å². The lowest BCUT2D eigenvalue weighted by Gasteiger charge is -2.23. The molecule has 1 unspecified atom stereocenters. The third-order valence-corrected chi connectivity index (χ3v) is 9.49. The summed E-state index contributed by atoms with van der Waals surface area (Å²) in [4.78, 5) is 28.7. The number of benzene rings is 3. The van der Waals surface area contributed by atoms with Crippen molar-refractivity contribution in [1.82, 2.24) is 10.2 Å². The number of thioether (sulfide) groups is 1. The number of methoxy groups -OCH3 is 1. The number of carbonyl (C=O) groups is 2. The molecule has 4 aromatic rings. The zero-order valence-corrected chi connectivity index (χ0v) is 27.7. The zero-order valence-electron chi connectivity index (χ0n) is 26.1. The van der Waals surface area contributed by atoms with Crippen molar-refractivity contribution in [3.05, 3.63) is 95.1 Å². The number of rotatable bonds is 15. The minimum absolute atomic E-state index is 0.0559. The molecule has 0 spiro atoms. The lowest BCUT2D eigenvalue weighted by molar-refractivity contribution is -0.132. The molecule has 1 N–H and O–H groups in total. The Labute approximate surface area is 277 Å². The van der Waals surface area contributed by atoms with E-state index < -0.39 is 17.7 Å². The van der Waals surface area contributed by atoms with Gasteiger partial charge in [-0.15, -0.1) is 10.2 Å². The maximum absolute atomic E-state index is 13.7. The summed E-state index contributed by atoms with van der Waals surface area (Å²) in [5.41, 5.74) is 2.00. The van der Waals surface area contributed by atoms with Crippen molar-refractivity contribution in [3.8, 4) is 17.2 Å². The number of aromatic nitrogens is 2. The third-order valence-electron chi connectivity index (χ3n) is 7.36. The fraction of sp³-hybridized carbons (Fsp3) is 0.314. The maximum atomic E-state index is 13.7. The average molecular weight is 660 g/mol. The molecule has 1 amide bonds. The van der Waals surface area contributed by atoms with Crippen molar-refractivity contribution >= 4 is 45.7 Å². The number of carbonyl (C=O) groups excluding carboxylic acids is 2. The number of unbranched alkanes of at least 4 members (excludes halogenated alkanes) is 2. The molecule has 5 rings (SSSR count). The maximum Gasteiger partial charge on any atom is 0.301 e. The van der Waals surface area contributed by atoms with Crippen molar-refractivity contribution in [2.24, 2.45) is 0 Å². The zero-order chi connectivity index (χ0) is 32.5. The van der Waals surface area contributed by atoms with E-state index in [1.807, 2.05) is 37.3 Å². The Hall–Kier alpha value is -4.35. The highest BCUT2D eigenvalue weighted by Gasteiger charge is 2.48. The van der Waals surface area contributed by atoms with Gasteiger partial charge in [-0.3, -0.25) is 14.5 Å². The van der Waals surface area contributed by atoms with Gasteiger partial charge in [0.05, 0.1) is 31.9 Å². The Bertz CT molecular complexity index is 1670. The molecule has 11 heteroatoms. The van der Waals surface area contributed by atoms with Gasteiger partial charge in [-0.25, -0.2) is 0 Å². The lowest BCUT2D eigenvalue weighted by Crippen LogP contribution is -2.29. The summed E-state index contributed by atoms with van der Waals surface area (Å²) in [6.45, 7) is 5.24. The summed E-state index contributed by atoms with van der Waals surface area (Å²) in [6.07, 6.45) is 3.89. The van der Waals surface area contributed by atoms with Crippen LogP contribution in [0.4, 0.5) is 5.13 Å². The molecule has 240 valence electrons. The molecule has 1 aliphatic rings. The standard InChI is InChI=1S/C35H37N3O6S2/c1-4-6-10-20-44-27-18-15-25(21-28(27)42-3)30-29(31(39)24-13-16-26(17-14-24)43-19-5-2)32(40)33(41)38(30)34-36-37-35(46-34)45-22-23-11-8-7-9-12-23/h7-9,11-18,21,30,39H,4-6,10,19-20,22H2,1-3H3/b31-29+. The predicted octanol–water partition coefficient (Wildman–Crippen LogP) is 7.82. The van der Waals surface area contributed by atoms with Crippen LogP contribution in [0.3, 0.4) is 0 Å².